The Morgan fingerprint density at radius 1 is 0.760 bits per heavy atom. The topological polar surface area (TPSA) is 63.3 Å². The molecule has 0 aliphatic heterocycles. The lowest BCUT2D eigenvalue weighted by atomic mass is 10.0. The standard InChI is InChI=1S/C18H36O2.C4H11N/c1-17(2)15-13-11-9-7-5-3-4-6-8-10-12-14-16-18(19)20;1-2-3-4-5/h17H,3-16H2,1-2H3,(H,19,20);2-5H2,1H3. The maximum absolute atomic E-state index is 10.3. The molecule has 0 fully saturated rings. The molecule has 0 unspecified atom stereocenters. The van der Waals surface area contributed by atoms with Crippen LogP contribution in [0.25, 0.3) is 0 Å². The largest absolute Gasteiger partial charge is 0.481 e. The Morgan fingerprint density at radius 3 is 1.44 bits per heavy atom. The van der Waals surface area contributed by atoms with E-state index >= 15 is 0 Å². The highest BCUT2D eigenvalue weighted by atomic mass is 16.4. The maximum Gasteiger partial charge on any atom is 0.303 e. The molecular formula is C22H47NO2. The third-order valence-corrected chi connectivity index (χ3v) is 4.48. The molecule has 0 aromatic heterocycles. The summed E-state index contributed by atoms with van der Waals surface area (Å²) in [5.41, 5.74) is 5.14. The number of hydrogen-bond donors (Lipinski definition) is 2. The van der Waals surface area contributed by atoms with Gasteiger partial charge in [0.05, 0.1) is 0 Å². The Hall–Kier alpha value is -0.570. The van der Waals surface area contributed by atoms with Gasteiger partial charge in [0.15, 0.2) is 0 Å². The first-order valence-electron chi connectivity index (χ1n) is 11.0. The van der Waals surface area contributed by atoms with Crippen molar-refractivity contribution in [2.45, 2.75) is 124 Å². The van der Waals surface area contributed by atoms with E-state index in [0.717, 1.165) is 25.3 Å². The zero-order chi connectivity index (χ0) is 19.2. The number of unbranched alkanes of at least 4 members (excludes halogenated alkanes) is 12. The van der Waals surface area contributed by atoms with Crippen LogP contribution in [0.3, 0.4) is 0 Å². The van der Waals surface area contributed by atoms with E-state index in [4.69, 9.17) is 10.8 Å². The number of hydrogen-bond acceptors (Lipinski definition) is 2. The molecule has 0 atom stereocenters. The molecule has 152 valence electrons. The third kappa shape index (κ3) is 31.7. The van der Waals surface area contributed by atoms with Gasteiger partial charge in [0.2, 0.25) is 0 Å². The normalized spacial score (nSPS) is 10.6. The zero-order valence-electron chi connectivity index (χ0n) is 17.5. The highest BCUT2D eigenvalue weighted by Gasteiger charge is 1.97. The molecule has 0 heterocycles. The van der Waals surface area contributed by atoms with Crippen molar-refractivity contribution < 1.29 is 9.90 Å². The molecule has 0 aliphatic carbocycles. The van der Waals surface area contributed by atoms with Gasteiger partial charge in [-0.1, -0.05) is 104 Å². The van der Waals surface area contributed by atoms with Crippen molar-refractivity contribution in [3.05, 3.63) is 0 Å². The van der Waals surface area contributed by atoms with Crippen molar-refractivity contribution in [3.63, 3.8) is 0 Å². The van der Waals surface area contributed by atoms with Gasteiger partial charge in [-0.05, 0) is 25.3 Å². The summed E-state index contributed by atoms with van der Waals surface area (Å²) in [4.78, 5) is 10.3. The van der Waals surface area contributed by atoms with E-state index in [1.807, 2.05) is 0 Å². The van der Waals surface area contributed by atoms with Gasteiger partial charge in [0, 0.05) is 6.42 Å². The maximum atomic E-state index is 10.3. The molecule has 0 spiro atoms. The lowest BCUT2D eigenvalue weighted by Gasteiger charge is -2.04. The predicted molar refractivity (Wildman–Crippen MR) is 111 cm³/mol. The fourth-order valence-electron chi connectivity index (χ4n) is 2.80. The Balaban J connectivity index is 0. The van der Waals surface area contributed by atoms with Crippen molar-refractivity contribution in [3.8, 4) is 0 Å². The molecule has 3 nitrogen and oxygen atoms in total. The predicted octanol–water partition coefficient (Wildman–Crippen LogP) is 6.93. The van der Waals surface area contributed by atoms with E-state index in [0.29, 0.717) is 6.42 Å². The van der Waals surface area contributed by atoms with Gasteiger partial charge in [-0.2, -0.15) is 0 Å². The minimum atomic E-state index is -0.654. The van der Waals surface area contributed by atoms with Gasteiger partial charge in [-0.15, -0.1) is 0 Å². The average molecular weight is 358 g/mol. The van der Waals surface area contributed by atoms with Crippen LogP contribution in [0.4, 0.5) is 0 Å². The monoisotopic (exact) mass is 357 g/mol. The van der Waals surface area contributed by atoms with E-state index in [9.17, 15) is 4.79 Å². The number of aliphatic carboxylic acids is 1. The number of carbonyl (C=O) groups is 1. The fraction of sp³-hybridized carbons (Fsp3) is 0.955. The molecule has 0 amide bonds. The molecule has 0 aliphatic rings. The third-order valence-electron chi connectivity index (χ3n) is 4.48. The average Bonchev–Trinajstić information content (AvgIpc) is 2.56. The van der Waals surface area contributed by atoms with Gasteiger partial charge in [-0.3, -0.25) is 4.79 Å². The van der Waals surface area contributed by atoms with E-state index in [1.54, 1.807) is 0 Å². The molecule has 0 rings (SSSR count). The van der Waals surface area contributed by atoms with Crippen molar-refractivity contribution in [1.82, 2.24) is 0 Å². The minimum absolute atomic E-state index is 0.344. The van der Waals surface area contributed by atoms with E-state index in [1.165, 1.54) is 83.5 Å². The molecule has 3 N–H and O–H groups in total. The van der Waals surface area contributed by atoms with Crippen molar-refractivity contribution in [2.24, 2.45) is 11.7 Å². The molecule has 0 aromatic carbocycles. The first-order chi connectivity index (χ1) is 12.0. The van der Waals surface area contributed by atoms with Crippen LogP contribution in [0.1, 0.15) is 124 Å². The number of nitrogens with two attached hydrogens (primary N) is 1. The lowest BCUT2D eigenvalue weighted by Crippen LogP contribution is -1.95. The summed E-state index contributed by atoms with van der Waals surface area (Å²) in [5.74, 6) is 0.212. The minimum Gasteiger partial charge on any atom is -0.481 e. The van der Waals surface area contributed by atoms with Crippen LogP contribution in [0, 0.1) is 5.92 Å². The van der Waals surface area contributed by atoms with Crippen LogP contribution < -0.4 is 5.73 Å². The summed E-state index contributed by atoms with van der Waals surface area (Å²) in [6.45, 7) is 7.59. The molecule has 0 radical (unpaired) electrons. The molecule has 0 saturated carbocycles. The molecule has 0 bridgehead atoms. The summed E-state index contributed by atoms with van der Waals surface area (Å²) >= 11 is 0. The summed E-state index contributed by atoms with van der Waals surface area (Å²) in [6.07, 6.45) is 19.7. The summed E-state index contributed by atoms with van der Waals surface area (Å²) in [7, 11) is 0. The van der Waals surface area contributed by atoms with Crippen LogP contribution in [0.15, 0.2) is 0 Å². The molecular weight excluding hydrogens is 310 g/mol. The van der Waals surface area contributed by atoms with Gasteiger partial charge < -0.3 is 10.8 Å². The van der Waals surface area contributed by atoms with E-state index in [2.05, 4.69) is 20.8 Å². The highest BCUT2D eigenvalue weighted by Crippen LogP contribution is 2.14. The van der Waals surface area contributed by atoms with Crippen molar-refractivity contribution in [2.75, 3.05) is 6.54 Å². The molecule has 0 saturated heterocycles. The van der Waals surface area contributed by atoms with Crippen LogP contribution >= 0.6 is 0 Å². The van der Waals surface area contributed by atoms with Crippen molar-refractivity contribution in [1.29, 1.82) is 0 Å². The van der Waals surface area contributed by atoms with Gasteiger partial charge in [-0.25, -0.2) is 0 Å². The van der Waals surface area contributed by atoms with E-state index in [-0.39, 0.29) is 0 Å². The Morgan fingerprint density at radius 2 is 1.16 bits per heavy atom. The van der Waals surface area contributed by atoms with Gasteiger partial charge >= 0.3 is 5.97 Å². The van der Waals surface area contributed by atoms with Crippen LogP contribution in [-0.4, -0.2) is 17.6 Å². The first kappa shape index (κ1) is 26.7. The van der Waals surface area contributed by atoms with Crippen LogP contribution in [0.2, 0.25) is 0 Å². The molecule has 25 heavy (non-hydrogen) atoms. The second-order valence-corrected chi connectivity index (χ2v) is 7.71. The quantitative estimate of drug-likeness (QED) is 0.277. The van der Waals surface area contributed by atoms with E-state index < -0.39 is 5.97 Å². The second kappa shape index (κ2) is 23.4. The summed E-state index contributed by atoms with van der Waals surface area (Å²) in [6, 6.07) is 0. The van der Waals surface area contributed by atoms with Crippen molar-refractivity contribution >= 4 is 5.97 Å². The first-order valence-corrected chi connectivity index (χ1v) is 11.0. The number of carboxylic acid groups (broad SMARTS) is 1. The second-order valence-electron chi connectivity index (χ2n) is 7.71. The Bertz CT molecular complexity index is 252. The number of carboxylic acids is 1. The Kier molecular flexibility index (Phi) is 25.0. The van der Waals surface area contributed by atoms with Gasteiger partial charge in [0.1, 0.15) is 0 Å². The zero-order valence-corrected chi connectivity index (χ0v) is 17.5. The lowest BCUT2D eigenvalue weighted by molar-refractivity contribution is -0.137. The fourth-order valence-corrected chi connectivity index (χ4v) is 2.80. The van der Waals surface area contributed by atoms with Gasteiger partial charge in [0.25, 0.3) is 0 Å². The highest BCUT2D eigenvalue weighted by molar-refractivity contribution is 5.66. The number of rotatable bonds is 17. The van der Waals surface area contributed by atoms with Crippen LogP contribution in [0.5, 0.6) is 0 Å². The smallest absolute Gasteiger partial charge is 0.303 e. The Labute approximate surface area is 158 Å². The molecule has 3 heteroatoms. The SMILES string of the molecule is CC(C)CCCCCCCCCCCCCCC(=O)O.CCCCN. The summed E-state index contributed by atoms with van der Waals surface area (Å²) in [5, 5.41) is 8.52. The molecule has 0 aromatic rings. The van der Waals surface area contributed by atoms with Crippen LogP contribution in [-0.2, 0) is 4.79 Å². The summed E-state index contributed by atoms with van der Waals surface area (Å²) < 4.78 is 0.